The van der Waals surface area contributed by atoms with Crippen LogP contribution in [-0.4, -0.2) is 47.9 Å². The quantitative estimate of drug-likeness (QED) is 0.862. The van der Waals surface area contributed by atoms with Crippen molar-refractivity contribution in [2.24, 2.45) is 11.7 Å². The number of amides is 1. The number of piperazine rings is 1. The second-order valence-electron chi connectivity index (χ2n) is 5.72. The van der Waals surface area contributed by atoms with Crippen LogP contribution >= 0.6 is 27.3 Å². The van der Waals surface area contributed by atoms with Gasteiger partial charge in [-0.2, -0.15) is 0 Å². The molecule has 2 N–H and O–H groups in total. The summed E-state index contributed by atoms with van der Waals surface area (Å²) in [6.07, 6.45) is 0.945. The summed E-state index contributed by atoms with van der Waals surface area (Å²) in [7, 11) is 0. The minimum atomic E-state index is -0.352. The van der Waals surface area contributed by atoms with E-state index in [1.54, 1.807) is 11.3 Å². The van der Waals surface area contributed by atoms with E-state index in [2.05, 4.69) is 39.9 Å². The van der Waals surface area contributed by atoms with E-state index in [1.807, 2.05) is 11.8 Å². The standard InChI is InChI=1S/C15H24BrN3OS/c1-3-11(2)14(17)15(20)19-8-6-18(7-9-19)10-12-4-5-13(16)21-12/h4-5,11,14H,3,6-10,17H2,1-2H3. The number of nitrogens with zero attached hydrogens (tertiary/aromatic N) is 2. The fourth-order valence-electron chi connectivity index (χ4n) is 2.49. The largest absolute Gasteiger partial charge is 0.339 e. The van der Waals surface area contributed by atoms with Gasteiger partial charge < -0.3 is 10.6 Å². The average Bonchev–Trinajstić information content (AvgIpc) is 2.90. The van der Waals surface area contributed by atoms with Gasteiger partial charge in [0.05, 0.1) is 9.83 Å². The number of carbonyl (C=O) groups is 1. The summed E-state index contributed by atoms with van der Waals surface area (Å²) < 4.78 is 1.17. The Morgan fingerprint density at radius 1 is 1.38 bits per heavy atom. The number of hydrogen-bond acceptors (Lipinski definition) is 4. The van der Waals surface area contributed by atoms with Crippen molar-refractivity contribution < 1.29 is 4.79 Å². The lowest BCUT2D eigenvalue weighted by molar-refractivity contribution is -0.135. The molecule has 1 amide bonds. The molecule has 2 rings (SSSR count). The van der Waals surface area contributed by atoms with Crippen LogP contribution in [0, 0.1) is 5.92 Å². The van der Waals surface area contributed by atoms with Crippen molar-refractivity contribution in [2.45, 2.75) is 32.9 Å². The number of thiophene rings is 1. The molecule has 2 atom stereocenters. The summed E-state index contributed by atoms with van der Waals surface area (Å²) in [6.45, 7) is 8.52. The molecule has 0 saturated carbocycles. The van der Waals surface area contributed by atoms with E-state index in [0.29, 0.717) is 0 Å². The molecule has 118 valence electrons. The Hall–Kier alpha value is -0.430. The van der Waals surface area contributed by atoms with Crippen molar-refractivity contribution in [2.75, 3.05) is 26.2 Å². The molecule has 0 aliphatic carbocycles. The van der Waals surface area contributed by atoms with Crippen molar-refractivity contribution >= 4 is 33.2 Å². The van der Waals surface area contributed by atoms with E-state index in [1.165, 1.54) is 8.66 Å². The second-order valence-corrected chi connectivity index (χ2v) is 8.27. The third-order valence-corrected chi connectivity index (χ3v) is 5.84. The highest BCUT2D eigenvalue weighted by atomic mass is 79.9. The van der Waals surface area contributed by atoms with E-state index in [-0.39, 0.29) is 17.9 Å². The summed E-state index contributed by atoms with van der Waals surface area (Å²) in [5.74, 6) is 0.363. The van der Waals surface area contributed by atoms with Crippen molar-refractivity contribution in [1.82, 2.24) is 9.80 Å². The summed E-state index contributed by atoms with van der Waals surface area (Å²) in [6, 6.07) is 3.89. The lowest BCUT2D eigenvalue weighted by Crippen LogP contribution is -2.54. The molecule has 21 heavy (non-hydrogen) atoms. The van der Waals surface area contributed by atoms with Gasteiger partial charge in [-0.15, -0.1) is 11.3 Å². The Kier molecular flexibility index (Phi) is 6.22. The van der Waals surface area contributed by atoms with Gasteiger partial charge in [-0.25, -0.2) is 0 Å². The van der Waals surface area contributed by atoms with Crippen LogP contribution < -0.4 is 5.73 Å². The first-order valence-electron chi connectivity index (χ1n) is 7.52. The molecule has 1 aromatic heterocycles. The van der Waals surface area contributed by atoms with Gasteiger partial charge in [-0.1, -0.05) is 20.3 Å². The summed E-state index contributed by atoms with van der Waals surface area (Å²) >= 11 is 5.27. The first-order valence-corrected chi connectivity index (χ1v) is 9.13. The van der Waals surface area contributed by atoms with Crippen LogP contribution in [0.4, 0.5) is 0 Å². The van der Waals surface area contributed by atoms with Gasteiger partial charge >= 0.3 is 0 Å². The second kappa shape index (κ2) is 7.72. The first kappa shape index (κ1) is 16.9. The third kappa shape index (κ3) is 4.52. The Labute approximate surface area is 139 Å². The van der Waals surface area contributed by atoms with Gasteiger partial charge in [0.2, 0.25) is 5.91 Å². The Morgan fingerprint density at radius 2 is 2.05 bits per heavy atom. The molecule has 1 aliphatic rings. The minimum Gasteiger partial charge on any atom is -0.339 e. The van der Waals surface area contributed by atoms with E-state index in [0.717, 1.165) is 39.1 Å². The predicted molar refractivity (Wildman–Crippen MR) is 91.3 cm³/mol. The van der Waals surface area contributed by atoms with Gasteiger partial charge in [0, 0.05) is 37.6 Å². The number of nitrogens with two attached hydrogens (primary N) is 1. The predicted octanol–water partition coefficient (Wildman–Crippen LogP) is 2.53. The van der Waals surface area contributed by atoms with E-state index in [9.17, 15) is 4.79 Å². The highest BCUT2D eigenvalue weighted by molar-refractivity contribution is 9.11. The number of halogens is 1. The zero-order chi connectivity index (χ0) is 15.4. The van der Waals surface area contributed by atoms with Gasteiger partial charge in [0.1, 0.15) is 0 Å². The monoisotopic (exact) mass is 373 g/mol. The zero-order valence-corrected chi connectivity index (χ0v) is 15.1. The van der Waals surface area contributed by atoms with E-state index in [4.69, 9.17) is 5.73 Å². The lowest BCUT2D eigenvalue weighted by atomic mass is 9.98. The van der Waals surface area contributed by atoms with Crippen LogP contribution in [0.3, 0.4) is 0 Å². The molecule has 2 unspecified atom stereocenters. The van der Waals surface area contributed by atoms with E-state index < -0.39 is 0 Å². The summed E-state index contributed by atoms with van der Waals surface area (Å²) in [5.41, 5.74) is 6.05. The minimum absolute atomic E-state index is 0.114. The molecule has 1 aromatic rings. The maximum absolute atomic E-state index is 12.3. The maximum atomic E-state index is 12.3. The van der Waals surface area contributed by atoms with E-state index >= 15 is 0 Å². The van der Waals surface area contributed by atoms with Crippen LogP contribution in [-0.2, 0) is 11.3 Å². The van der Waals surface area contributed by atoms with Crippen LogP contribution in [0.2, 0.25) is 0 Å². The first-order chi connectivity index (χ1) is 10.0. The average molecular weight is 374 g/mol. The molecular weight excluding hydrogens is 350 g/mol. The molecule has 1 saturated heterocycles. The molecule has 1 fully saturated rings. The topological polar surface area (TPSA) is 49.6 Å². The Balaban J connectivity index is 1.81. The van der Waals surface area contributed by atoms with Crippen LogP contribution in [0.5, 0.6) is 0 Å². The van der Waals surface area contributed by atoms with Crippen molar-refractivity contribution in [3.05, 3.63) is 20.8 Å². The van der Waals surface area contributed by atoms with Crippen LogP contribution in [0.1, 0.15) is 25.1 Å². The van der Waals surface area contributed by atoms with Gasteiger partial charge in [0.15, 0.2) is 0 Å². The van der Waals surface area contributed by atoms with Gasteiger partial charge in [-0.05, 0) is 34.0 Å². The van der Waals surface area contributed by atoms with Gasteiger partial charge in [0.25, 0.3) is 0 Å². The molecule has 0 spiro atoms. The van der Waals surface area contributed by atoms with Crippen LogP contribution in [0.25, 0.3) is 0 Å². The Bertz CT molecular complexity index is 471. The lowest BCUT2D eigenvalue weighted by Gasteiger charge is -2.36. The highest BCUT2D eigenvalue weighted by Crippen LogP contribution is 2.23. The third-order valence-electron chi connectivity index (χ3n) is 4.23. The molecule has 4 nitrogen and oxygen atoms in total. The normalized spacial score (nSPS) is 19.5. The molecule has 2 heterocycles. The summed E-state index contributed by atoms with van der Waals surface area (Å²) in [4.78, 5) is 18.0. The molecular formula is C15H24BrN3OS. The van der Waals surface area contributed by atoms with Crippen molar-refractivity contribution in [1.29, 1.82) is 0 Å². The van der Waals surface area contributed by atoms with Crippen LogP contribution in [0.15, 0.2) is 15.9 Å². The number of hydrogen-bond donors (Lipinski definition) is 1. The zero-order valence-electron chi connectivity index (χ0n) is 12.7. The molecule has 0 aromatic carbocycles. The molecule has 6 heteroatoms. The van der Waals surface area contributed by atoms with Crippen molar-refractivity contribution in [3.8, 4) is 0 Å². The SMILES string of the molecule is CCC(C)C(N)C(=O)N1CCN(Cc2ccc(Br)s2)CC1. The smallest absolute Gasteiger partial charge is 0.239 e. The molecule has 1 aliphatic heterocycles. The van der Waals surface area contributed by atoms with Gasteiger partial charge in [-0.3, -0.25) is 9.69 Å². The Morgan fingerprint density at radius 3 is 2.57 bits per heavy atom. The molecule has 0 radical (unpaired) electrons. The fourth-order valence-corrected chi connectivity index (χ4v) is 4.02. The summed E-state index contributed by atoms with van der Waals surface area (Å²) in [5, 5.41) is 0. The number of carbonyl (C=O) groups excluding carboxylic acids is 1. The van der Waals surface area contributed by atoms with Crippen molar-refractivity contribution in [3.63, 3.8) is 0 Å². The molecule has 0 bridgehead atoms. The highest BCUT2D eigenvalue weighted by Gasteiger charge is 2.27. The number of rotatable bonds is 5. The fraction of sp³-hybridized carbons (Fsp3) is 0.667. The maximum Gasteiger partial charge on any atom is 0.239 e.